The van der Waals surface area contributed by atoms with Gasteiger partial charge >= 0.3 is 0 Å². The van der Waals surface area contributed by atoms with Gasteiger partial charge in [-0.25, -0.2) is 0 Å². The third-order valence-corrected chi connectivity index (χ3v) is 2.70. The number of halogens is 1. The van der Waals surface area contributed by atoms with E-state index in [1.54, 1.807) is 0 Å². The molecule has 0 radical (unpaired) electrons. The molecule has 0 aliphatic carbocycles. The molecule has 1 N–H and O–H groups in total. The van der Waals surface area contributed by atoms with Crippen LogP contribution in [0.3, 0.4) is 0 Å². The Morgan fingerprint density at radius 1 is 1.29 bits per heavy atom. The van der Waals surface area contributed by atoms with Gasteiger partial charge in [0.1, 0.15) is 10.9 Å². The average molecular weight is 210 g/mol. The standard InChI is InChI=1S/C11H12ClNO/c1-8-10(12)13-11(2,14-8)9-6-4-3-5-7-9/h3-7,13H,1-2H3. The number of hydrogen-bond donors (Lipinski definition) is 1. The molecular weight excluding hydrogens is 198 g/mol. The van der Waals surface area contributed by atoms with Crippen LogP contribution in [-0.4, -0.2) is 0 Å². The minimum atomic E-state index is -0.525. The number of hydrogen-bond acceptors (Lipinski definition) is 2. The van der Waals surface area contributed by atoms with E-state index in [0.717, 1.165) is 11.3 Å². The fourth-order valence-corrected chi connectivity index (χ4v) is 1.78. The van der Waals surface area contributed by atoms with E-state index in [2.05, 4.69) is 5.32 Å². The number of nitrogens with one attached hydrogen (secondary N) is 1. The first-order valence-corrected chi connectivity index (χ1v) is 4.89. The molecule has 0 bridgehead atoms. The molecule has 1 aromatic rings. The fraction of sp³-hybridized carbons (Fsp3) is 0.273. The molecular formula is C11H12ClNO. The van der Waals surface area contributed by atoms with E-state index in [-0.39, 0.29) is 0 Å². The van der Waals surface area contributed by atoms with Gasteiger partial charge in [-0.2, -0.15) is 0 Å². The molecule has 2 rings (SSSR count). The summed E-state index contributed by atoms with van der Waals surface area (Å²) >= 11 is 5.94. The quantitative estimate of drug-likeness (QED) is 0.719. The maximum atomic E-state index is 5.94. The van der Waals surface area contributed by atoms with Crippen LogP contribution in [0.25, 0.3) is 0 Å². The molecule has 1 aliphatic heterocycles. The third kappa shape index (κ3) is 1.46. The highest BCUT2D eigenvalue weighted by Gasteiger charge is 2.35. The Labute approximate surface area is 88.5 Å². The molecule has 0 spiro atoms. The second-order valence-corrected chi connectivity index (χ2v) is 3.87. The van der Waals surface area contributed by atoms with E-state index < -0.39 is 5.72 Å². The normalized spacial score (nSPS) is 25.9. The molecule has 0 saturated heterocycles. The zero-order valence-electron chi connectivity index (χ0n) is 8.17. The summed E-state index contributed by atoms with van der Waals surface area (Å²) in [7, 11) is 0. The molecule has 1 unspecified atom stereocenters. The first kappa shape index (κ1) is 9.41. The summed E-state index contributed by atoms with van der Waals surface area (Å²) in [6.07, 6.45) is 0. The lowest BCUT2D eigenvalue weighted by Crippen LogP contribution is -2.34. The molecule has 1 aliphatic rings. The number of ether oxygens (including phenoxy) is 1. The van der Waals surface area contributed by atoms with Gasteiger partial charge in [0, 0.05) is 5.56 Å². The molecule has 0 aromatic heterocycles. The highest BCUT2D eigenvalue weighted by atomic mass is 35.5. The lowest BCUT2D eigenvalue weighted by molar-refractivity contribution is 0.0223. The van der Waals surface area contributed by atoms with Crippen molar-refractivity contribution in [3.8, 4) is 0 Å². The van der Waals surface area contributed by atoms with Gasteiger partial charge in [0.15, 0.2) is 0 Å². The molecule has 2 nitrogen and oxygen atoms in total. The Kier molecular flexibility index (Phi) is 2.16. The van der Waals surface area contributed by atoms with Gasteiger partial charge in [0.25, 0.3) is 0 Å². The van der Waals surface area contributed by atoms with Crippen molar-refractivity contribution in [2.24, 2.45) is 0 Å². The molecule has 0 fully saturated rings. The lowest BCUT2D eigenvalue weighted by Gasteiger charge is -2.25. The van der Waals surface area contributed by atoms with Crippen molar-refractivity contribution >= 4 is 11.6 Å². The smallest absolute Gasteiger partial charge is 0.204 e. The summed E-state index contributed by atoms with van der Waals surface area (Å²) < 4.78 is 5.68. The molecule has 0 saturated carbocycles. The van der Waals surface area contributed by atoms with E-state index in [1.807, 2.05) is 44.2 Å². The van der Waals surface area contributed by atoms with Crippen LogP contribution in [0, 0.1) is 0 Å². The van der Waals surface area contributed by atoms with Crippen LogP contribution in [0.1, 0.15) is 19.4 Å². The Hall–Kier alpha value is -1.15. The average Bonchev–Trinajstić information content (AvgIpc) is 2.44. The largest absolute Gasteiger partial charge is 0.466 e. The van der Waals surface area contributed by atoms with Gasteiger partial charge in [-0.3, -0.25) is 0 Å². The number of allylic oxidation sites excluding steroid dienone is 1. The first-order chi connectivity index (χ1) is 6.62. The Balaban J connectivity index is 2.30. The number of rotatable bonds is 1. The lowest BCUT2D eigenvalue weighted by atomic mass is 10.1. The molecule has 0 amide bonds. The molecule has 1 aromatic carbocycles. The fourth-order valence-electron chi connectivity index (χ4n) is 1.56. The summed E-state index contributed by atoms with van der Waals surface area (Å²) in [5, 5.41) is 3.70. The van der Waals surface area contributed by atoms with E-state index in [4.69, 9.17) is 16.3 Å². The molecule has 3 heteroatoms. The van der Waals surface area contributed by atoms with Crippen LogP contribution >= 0.6 is 11.6 Å². The monoisotopic (exact) mass is 209 g/mol. The molecule has 1 heterocycles. The summed E-state index contributed by atoms with van der Waals surface area (Å²) in [6, 6.07) is 9.95. The van der Waals surface area contributed by atoms with E-state index >= 15 is 0 Å². The van der Waals surface area contributed by atoms with Gasteiger partial charge in [0.05, 0.1) is 0 Å². The van der Waals surface area contributed by atoms with Crippen molar-refractivity contribution in [1.82, 2.24) is 5.32 Å². The van der Waals surface area contributed by atoms with Crippen molar-refractivity contribution < 1.29 is 4.74 Å². The zero-order valence-corrected chi connectivity index (χ0v) is 8.93. The van der Waals surface area contributed by atoms with Crippen LogP contribution in [0.2, 0.25) is 0 Å². The third-order valence-electron chi connectivity index (χ3n) is 2.34. The van der Waals surface area contributed by atoms with Crippen LogP contribution in [0.15, 0.2) is 41.2 Å². The minimum Gasteiger partial charge on any atom is -0.466 e. The van der Waals surface area contributed by atoms with E-state index in [1.165, 1.54) is 0 Å². The summed E-state index contributed by atoms with van der Waals surface area (Å²) in [4.78, 5) is 0. The van der Waals surface area contributed by atoms with Crippen molar-refractivity contribution in [3.63, 3.8) is 0 Å². The minimum absolute atomic E-state index is 0.525. The predicted octanol–water partition coefficient (Wildman–Crippen LogP) is 2.91. The zero-order chi connectivity index (χ0) is 10.2. The highest BCUT2D eigenvalue weighted by Crippen LogP contribution is 2.33. The maximum Gasteiger partial charge on any atom is 0.204 e. The topological polar surface area (TPSA) is 21.3 Å². The van der Waals surface area contributed by atoms with E-state index in [0.29, 0.717) is 5.16 Å². The second-order valence-electron chi connectivity index (χ2n) is 3.50. The summed E-state index contributed by atoms with van der Waals surface area (Å²) in [6.45, 7) is 3.81. The van der Waals surface area contributed by atoms with Crippen LogP contribution < -0.4 is 5.32 Å². The Morgan fingerprint density at radius 2 is 1.93 bits per heavy atom. The molecule has 14 heavy (non-hydrogen) atoms. The SMILES string of the molecule is CC1=C(Cl)NC(C)(c2ccccc2)O1. The van der Waals surface area contributed by atoms with Crippen LogP contribution in [0.5, 0.6) is 0 Å². The van der Waals surface area contributed by atoms with Crippen molar-refractivity contribution in [2.45, 2.75) is 19.6 Å². The van der Waals surface area contributed by atoms with Crippen LogP contribution in [-0.2, 0) is 10.5 Å². The van der Waals surface area contributed by atoms with Crippen molar-refractivity contribution in [1.29, 1.82) is 0 Å². The second kappa shape index (κ2) is 3.21. The van der Waals surface area contributed by atoms with Crippen molar-refractivity contribution in [2.75, 3.05) is 0 Å². The molecule has 74 valence electrons. The first-order valence-electron chi connectivity index (χ1n) is 4.51. The maximum absolute atomic E-state index is 5.94. The van der Waals surface area contributed by atoms with Gasteiger partial charge < -0.3 is 10.1 Å². The summed E-state index contributed by atoms with van der Waals surface area (Å²) in [5.41, 5.74) is 0.539. The Bertz CT molecular complexity index is 358. The van der Waals surface area contributed by atoms with Crippen molar-refractivity contribution in [3.05, 3.63) is 46.8 Å². The van der Waals surface area contributed by atoms with Gasteiger partial charge in [-0.05, 0) is 13.8 Å². The number of benzene rings is 1. The van der Waals surface area contributed by atoms with Gasteiger partial charge in [-0.15, -0.1) is 0 Å². The van der Waals surface area contributed by atoms with Gasteiger partial charge in [-0.1, -0.05) is 41.9 Å². The Morgan fingerprint density at radius 3 is 2.43 bits per heavy atom. The van der Waals surface area contributed by atoms with E-state index in [9.17, 15) is 0 Å². The summed E-state index contributed by atoms with van der Waals surface area (Å²) in [5.74, 6) is 0.734. The van der Waals surface area contributed by atoms with Gasteiger partial charge in [0.2, 0.25) is 5.72 Å². The highest BCUT2D eigenvalue weighted by molar-refractivity contribution is 6.29. The van der Waals surface area contributed by atoms with Crippen LogP contribution in [0.4, 0.5) is 0 Å². The molecule has 1 atom stereocenters. The predicted molar refractivity (Wildman–Crippen MR) is 56.6 cm³/mol.